The van der Waals surface area contributed by atoms with Crippen molar-refractivity contribution in [2.24, 2.45) is 0 Å². The second kappa shape index (κ2) is 8.12. The maximum atomic E-state index is 12.4. The van der Waals surface area contributed by atoms with Gasteiger partial charge in [-0.25, -0.2) is 4.79 Å². The second-order valence-electron chi connectivity index (χ2n) is 6.16. The molecule has 1 unspecified atom stereocenters. The summed E-state index contributed by atoms with van der Waals surface area (Å²) in [5, 5.41) is 11.5. The normalized spacial score (nSPS) is 13.5. The second-order valence-corrected chi connectivity index (χ2v) is 6.57. The van der Waals surface area contributed by atoms with Crippen LogP contribution < -0.4 is 5.32 Å². The van der Waals surface area contributed by atoms with Gasteiger partial charge in [-0.05, 0) is 37.3 Å². The lowest BCUT2D eigenvalue weighted by Gasteiger charge is -2.20. The maximum absolute atomic E-state index is 12.4. The van der Waals surface area contributed by atoms with Crippen molar-refractivity contribution >= 4 is 41.0 Å². The van der Waals surface area contributed by atoms with Crippen LogP contribution in [0.4, 0.5) is 5.69 Å². The minimum absolute atomic E-state index is 0.168. The van der Waals surface area contributed by atoms with Gasteiger partial charge in [0.1, 0.15) is 12.1 Å². The zero-order valence-corrected chi connectivity index (χ0v) is 15.9. The number of nitriles is 1. The summed E-state index contributed by atoms with van der Waals surface area (Å²) in [5.74, 6) is -2.72. The molecule has 1 aliphatic rings. The van der Waals surface area contributed by atoms with Crippen molar-refractivity contribution in [1.29, 1.82) is 5.26 Å². The summed E-state index contributed by atoms with van der Waals surface area (Å²) in [4.78, 5) is 49.9. The number of hydrogen-bond donors (Lipinski definition) is 1. The summed E-state index contributed by atoms with van der Waals surface area (Å²) in [7, 11) is 0. The van der Waals surface area contributed by atoms with Gasteiger partial charge in [0, 0.05) is 5.69 Å². The van der Waals surface area contributed by atoms with Crippen molar-refractivity contribution in [3.63, 3.8) is 0 Å². The Bertz CT molecular complexity index is 1040. The summed E-state index contributed by atoms with van der Waals surface area (Å²) in [5.41, 5.74) is 1.01. The fraction of sp³-hybridized carbons (Fsp3) is 0.150. The highest BCUT2D eigenvalue weighted by molar-refractivity contribution is 6.32. The predicted molar refractivity (Wildman–Crippen MR) is 102 cm³/mol. The largest absolute Gasteiger partial charge is 0.454 e. The first-order valence-electron chi connectivity index (χ1n) is 8.46. The Morgan fingerprint density at radius 3 is 2.34 bits per heavy atom. The van der Waals surface area contributed by atoms with Crippen LogP contribution in [0.25, 0.3) is 0 Å². The number of ether oxygens (including phenoxy) is 1. The zero-order chi connectivity index (χ0) is 21.1. The van der Waals surface area contributed by atoms with Crippen LogP contribution >= 0.6 is 11.6 Å². The van der Waals surface area contributed by atoms with Crippen LogP contribution in [0.2, 0.25) is 5.02 Å². The highest BCUT2D eigenvalue weighted by Gasteiger charge is 2.41. The quantitative estimate of drug-likeness (QED) is 0.596. The number of carbonyl (C=O) groups is 4. The van der Waals surface area contributed by atoms with Gasteiger partial charge in [0.25, 0.3) is 17.7 Å². The molecule has 1 N–H and O–H groups in total. The Morgan fingerprint density at radius 2 is 1.79 bits per heavy atom. The molecule has 1 heterocycles. The fourth-order valence-corrected chi connectivity index (χ4v) is 3.03. The fourth-order valence-electron chi connectivity index (χ4n) is 2.80. The van der Waals surface area contributed by atoms with E-state index in [1.54, 1.807) is 12.1 Å². The smallest absolute Gasteiger partial charge is 0.329 e. The van der Waals surface area contributed by atoms with Gasteiger partial charge in [-0.15, -0.1) is 0 Å². The molecule has 8 nitrogen and oxygen atoms in total. The van der Waals surface area contributed by atoms with E-state index in [-0.39, 0.29) is 21.7 Å². The Kier molecular flexibility index (Phi) is 5.61. The minimum atomic E-state index is -1.19. The van der Waals surface area contributed by atoms with Crippen molar-refractivity contribution in [3.8, 4) is 6.07 Å². The molecule has 2 aromatic rings. The molecule has 3 amide bonds. The summed E-state index contributed by atoms with van der Waals surface area (Å²) in [6, 6.07) is 11.3. The van der Waals surface area contributed by atoms with E-state index >= 15 is 0 Å². The number of rotatable bonds is 5. The first-order chi connectivity index (χ1) is 13.8. The predicted octanol–water partition coefficient (Wildman–Crippen LogP) is 2.38. The molecular formula is C20H14ClN3O5. The number of esters is 1. The number of halogens is 1. The molecule has 0 aromatic heterocycles. The molecule has 146 valence electrons. The third kappa shape index (κ3) is 3.95. The summed E-state index contributed by atoms with van der Waals surface area (Å²) < 4.78 is 4.94. The first-order valence-corrected chi connectivity index (χ1v) is 8.84. The molecule has 0 bridgehead atoms. The number of anilines is 1. The lowest BCUT2D eigenvalue weighted by atomic mass is 10.1. The van der Waals surface area contributed by atoms with Gasteiger partial charge < -0.3 is 10.1 Å². The third-order valence-electron chi connectivity index (χ3n) is 4.27. The molecule has 0 saturated heterocycles. The molecule has 0 spiro atoms. The van der Waals surface area contributed by atoms with Crippen LogP contribution in [0.15, 0.2) is 42.5 Å². The molecule has 0 radical (unpaired) electrons. The standard InChI is InChI=1S/C20H14ClN3O5/c1-11(24-18(26)14-4-2-3-5-15(14)19(24)27)20(28)29-10-17(25)23-13-7-6-12(9-22)16(21)8-13/h2-8,11H,10H2,1H3,(H,23,25). The van der Waals surface area contributed by atoms with Gasteiger partial charge in [0.2, 0.25) is 0 Å². The highest BCUT2D eigenvalue weighted by Crippen LogP contribution is 2.25. The van der Waals surface area contributed by atoms with E-state index in [9.17, 15) is 19.2 Å². The van der Waals surface area contributed by atoms with E-state index in [1.807, 2.05) is 6.07 Å². The van der Waals surface area contributed by atoms with Gasteiger partial charge in [-0.3, -0.25) is 19.3 Å². The van der Waals surface area contributed by atoms with Crippen LogP contribution in [0, 0.1) is 11.3 Å². The lowest BCUT2D eigenvalue weighted by Crippen LogP contribution is -2.44. The summed E-state index contributed by atoms with van der Waals surface area (Å²) in [6.07, 6.45) is 0. The monoisotopic (exact) mass is 411 g/mol. The van der Waals surface area contributed by atoms with E-state index in [0.29, 0.717) is 5.69 Å². The lowest BCUT2D eigenvalue weighted by molar-refractivity contribution is -0.150. The van der Waals surface area contributed by atoms with Crippen molar-refractivity contribution in [1.82, 2.24) is 4.90 Å². The van der Waals surface area contributed by atoms with Gasteiger partial charge in [0.05, 0.1) is 21.7 Å². The molecule has 29 heavy (non-hydrogen) atoms. The molecule has 0 fully saturated rings. The zero-order valence-electron chi connectivity index (χ0n) is 15.1. The molecule has 9 heteroatoms. The average Bonchev–Trinajstić information content (AvgIpc) is 2.96. The molecule has 0 aliphatic carbocycles. The van der Waals surface area contributed by atoms with Gasteiger partial charge in [0.15, 0.2) is 6.61 Å². The van der Waals surface area contributed by atoms with Gasteiger partial charge >= 0.3 is 5.97 Å². The number of imide groups is 1. The Morgan fingerprint density at radius 1 is 1.17 bits per heavy atom. The van der Waals surface area contributed by atoms with Gasteiger partial charge in [-0.2, -0.15) is 5.26 Å². The van der Waals surface area contributed by atoms with Crippen LogP contribution in [-0.4, -0.2) is 41.2 Å². The molecule has 3 rings (SSSR count). The number of fused-ring (bicyclic) bond motifs is 1. The SMILES string of the molecule is CC(C(=O)OCC(=O)Nc1ccc(C#N)c(Cl)c1)N1C(=O)c2ccccc2C1=O. The Labute approximate surface area is 170 Å². The van der Waals surface area contributed by atoms with Crippen LogP contribution in [0.1, 0.15) is 33.2 Å². The highest BCUT2D eigenvalue weighted by atomic mass is 35.5. The first kappa shape index (κ1) is 20.0. The minimum Gasteiger partial charge on any atom is -0.454 e. The molecule has 0 saturated carbocycles. The third-order valence-corrected chi connectivity index (χ3v) is 4.59. The van der Waals surface area contributed by atoms with Crippen LogP contribution in [0.5, 0.6) is 0 Å². The van der Waals surface area contributed by atoms with E-state index < -0.39 is 36.3 Å². The van der Waals surface area contributed by atoms with Crippen LogP contribution in [-0.2, 0) is 14.3 Å². The number of benzene rings is 2. The number of nitrogens with zero attached hydrogens (tertiary/aromatic N) is 2. The van der Waals surface area contributed by atoms with Gasteiger partial charge in [-0.1, -0.05) is 23.7 Å². The van der Waals surface area contributed by atoms with Crippen molar-refractivity contribution in [2.75, 3.05) is 11.9 Å². The van der Waals surface area contributed by atoms with Crippen molar-refractivity contribution < 1.29 is 23.9 Å². The maximum Gasteiger partial charge on any atom is 0.329 e. The van der Waals surface area contributed by atoms with E-state index in [2.05, 4.69) is 5.32 Å². The number of hydrogen-bond acceptors (Lipinski definition) is 6. The number of nitrogens with one attached hydrogen (secondary N) is 1. The number of carbonyl (C=O) groups excluding carboxylic acids is 4. The summed E-state index contributed by atoms with van der Waals surface area (Å²) in [6.45, 7) is 0.728. The number of amides is 3. The average molecular weight is 412 g/mol. The molecular weight excluding hydrogens is 398 g/mol. The molecule has 2 aromatic carbocycles. The summed E-state index contributed by atoms with van der Waals surface area (Å²) >= 11 is 5.89. The topological polar surface area (TPSA) is 117 Å². The van der Waals surface area contributed by atoms with Crippen molar-refractivity contribution in [3.05, 3.63) is 64.2 Å². The van der Waals surface area contributed by atoms with E-state index in [4.69, 9.17) is 21.6 Å². The Hall–Kier alpha value is -3.70. The van der Waals surface area contributed by atoms with E-state index in [1.165, 1.54) is 37.3 Å². The molecule has 1 atom stereocenters. The Balaban J connectivity index is 1.59. The van der Waals surface area contributed by atoms with E-state index in [0.717, 1.165) is 4.90 Å². The molecule has 1 aliphatic heterocycles. The van der Waals surface area contributed by atoms with Crippen molar-refractivity contribution in [2.45, 2.75) is 13.0 Å². The van der Waals surface area contributed by atoms with Crippen LogP contribution in [0.3, 0.4) is 0 Å².